The number of aryl methyl sites for hydroxylation is 4. The number of benzene rings is 2. The number of alkyl halides is 2. The van der Waals surface area contributed by atoms with Gasteiger partial charge in [0.2, 0.25) is 0 Å². The van der Waals surface area contributed by atoms with E-state index in [2.05, 4.69) is 78.0 Å². The minimum absolute atomic E-state index is 0.474. The van der Waals surface area contributed by atoms with Crippen molar-refractivity contribution in [3.63, 3.8) is 0 Å². The first-order valence-electron chi connectivity index (χ1n) is 10.0. The molecule has 2 aromatic rings. The molecular weight excluding hydrogens is 383 g/mol. The highest BCUT2D eigenvalue weighted by atomic mass is 35.5. The Morgan fingerprint density at radius 2 is 0.893 bits per heavy atom. The van der Waals surface area contributed by atoms with Gasteiger partial charge in [-0.25, -0.2) is 0 Å². The third kappa shape index (κ3) is 2.80. The van der Waals surface area contributed by atoms with E-state index in [0.29, 0.717) is 0 Å². The van der Waals surface area contributed by atoms with Crippen LogP contribution in [0.5, 0.6) is 0 Å². The van der Waals surface area contributed by atoms with Crippen LogP contribution in [-0.4, -0.2) is 0 Å². The average Bonchev–Trinajstić information content (AvgIpc) is 3.00. The average molecular weight is 411 g/mol. The van der Waals surface area contributed by atoms with Crippen LogP contribution in [0.15, 0.2) is 35.4 Å². The number of rotatable bonds is 3. The number of allylic oxidation sites excluding steroid dienone is 2. The van der Waals surface area contributed by atoms with Gasteiger partial charge in [-0.05, 0) is 110 Å². The first-order valence-corrected chi connectivity index (χ1v) is 10.8. The fourth-order valence-corrected chi connectivity index (χ4v) is 5.36. The SMILES string of the molecule is CC1=Cc2cc(C)c(C)cc2C1(Cl)CCC1(Cl)C(C)=Cc2cc(C)c(C)cc21. The lowest BCUT2D eigenvalue weighted by molar-refractivity contribution is 0.536. The van der Waals surface area contributed by atoms with Crippen molar-refractivity contribution in [1.82, 2.24) is 0 Å². The minimum atomic E-state index is -0.474. The van der Waals surface area contributed by atoms with Crippen LogP contribution >= 0.6 is 23.2 Å². The molecule has 0 aliphatic heterocycles. The zero-order valence-corrected chi connectivity index (χ0v) is 19.1. The van der Waals surface area contributed by atoms with Crippen molar-refractivity contribution in [2.24, 2.45) is 0 Å². The molecule has 2 atom stereocenters. The third-order valence-electron chi connectivity index (χ3n) is 6.99. The Bertz CT molecular complexity index is 971. The molecule has 2 unspecified atom stereocenters. The maximum atomic E-state index is 7.30. The van der Waals surface area contributed by atoms with Crippen LogP contribution in [0.1, 0.15) is 71.2 Å². The van der Waals surface area contributed by atoms with E-state index in [1.54, 1.807) is 0 Å². The van der Waals surface area contributed by atoms with Gasteiger partial charge in [-0.2, -0.15) is 0 Å². The van der Waals surface area contributed by atoms with E-state index in [1.165, 1.54) is 55.7 Å². The summed E-state index contributed by atoms with van der Waals surface area (Å²) in [5, 5.41) is 0. The third-order valence-corrected chi connectivity index (χ3v) is 8.38. The number of hydrogen-bond acceptors (Lipinski definition) is 0. The zero-order valence-electron chi connectivity index (χ0n) is 17.6. The van der Waals surface area contributed by atoms with Gasteiger partial charge in [0.1, 0.15) is 0 Å². The number of hydrogen-bond donors (Lipinski definition) is 0. The van der Waals surface area contributed by atoms with Crippen LogP contribution in [0, 0.1) is 27.7 Å². The smallest absolute Gasteiger partial charge is 0.0911 e. The van der Waals surface area contributed by atoms with E-state index < -0.39 is 9.75 Å². The van der Waals surface area contributed by atoms with Crippen molar-refractivity contribution >= 4 is 35.4 Å². The predicted molar refractivity (Wildman–Crippen MR) is 123 cm³/mol. The Morgan fingerprint density at radius 1 is 0.571 bits per heavy atom. The van der Waals surface area contributed by atoms with Crippen LogP contribution < -0.4 is 0 Å². The van der Waals surface area contributed by atoms with Gasteiger partial charge in [-0.3, -0.25) is 0 Å². The second-order valence-corrected chi connectivity index (χ2v) is 10.1. The topological polar surface area (TPSA) is 0 Å². The molecule has 0 nitrogen and oxygen atoms in total. The summed E-state index contributed by atoms with van der Waals surface area (Å²) in [5.41, 5.74) is 12.6. The molecule has 2 heteroatoms. The lowest BCUT2D eigenvalue weighted by atomic mass is 9.82. The maximum Gasteiger partial charge on any atom is 0.0911 e. The van der Waals surface area contributed by atoms with Crippen LogP contribution in [0.3, 0.4) is 0 Å². The molecule has 2 aliphatic carbocycles. The molecule has 2 aliphatic rings. The van der Waals surface area contributed by atoms with E-state index in [0.717, 1.165) is 12.8 Å². The minimum Gasteiger partial charge on any atom is -0.109 e. The van der Waals surface area contributed by atoms with E-state index in [4.69, 9.17) is 23.2 Å². The molecule has 4 rings (SSSR count). The largest absolute Gasteiger partial charge is 0.109 e. The molecule has 0 heterocycles. The van der Waals surface area contributed by atoms with Crippen molar-refractivity contribution in [2.75, 3.05) is 0 Å². The summed E-state index contributed by atoms with van der Waals surface area (Å²) in [6, 6.07) is 9.06. The van der Waals surface area contributed by atoms with Gasteiger partial charge in [0.05, 0.1) is 9.75 Å². The van der Waals surface area contributed by atoms with Gasteiger partial charge >= 0.3 is 0 Å². The van der Waals surface area contributed by atoms with Gasteiger partial charge in [0.25, 0.3) is 0 Å². The summed E-state index contributed by atoms with van der Waals surface area (Å²) < 4.78 is 0. The Morgan fingerprint density at radius 3 is 1.25 bits per heavy atom. The van der Waals surface area contributed by atoms with Crippen molar-refractivity contribution in [3.8, 4) is 0 Å². The van der Waals surface area contributed by atoms with Crippen LogP contribution in [0.4, 0.5) is 0 Å². The summed E-state index contributed by atoms with van der Waals surface area (Å²) in [4.78, 5) is -0.948. The molecule has 2 aromatic carbocycles. The second-order valence-electron chi connectivity index (χ2n) is 8.80. The highest BCUT2D eigenvalue weighted by molar-refractivity contribution is 6.28. The van der Waals surface area contributed by atoms with E-state index in [9.17, 15) is 0 Å². The van der Waals surface area contributed by atoms with Crippen LogP contribution in [-0.2, 0) is 9.75 Å². The van der Waals surface area contributed by atoms with Gasteiger partial charge in [0.15, 0.2) is 0 Å². The Balaban J connectivity index is 1.70. The lowest BCUT2D eigenvalue weighted by Crippen LogP contribution is -2.25. The summed E-state index contributed by atoms with van der Waals surface area (Å²) in [7, 11) is 0. The molecule has 0 spiro atoms. The van der Waals surface area contributed by atoms with E-state index in [1.807, 2.05) is 0 Å². The van der Waals surface area contributed by atoms with E-state index >= 15 is 0 Å². The van der Waals surface area contributed by atoms with Crippen molar-refractivity contribution < 1.29 is 0 Å². The quantitative estimate of drug-likeness (QED) is 0.448. The summed E-state index contributed by atoms with van der Waals surface area (Å²) in [5.74, 6) is 0. The summed E-state index contributed by atoms with van der Waals surface area (Å²) >= 11 is 14.6. The Hall–Kier alpha value is -1.50. The van der Waals surface area contributed by atoms with Gasteiger partial charge < -0.3 is 0 Å². The monoisotopic (exact) mass is 410 g/mol. The molecular formula is C26H28Cl2. The lowest BCUT2D eigenvalue weighted by Gasteiger charge is -2.32. The molecule has 0 fully saturated rings. The predicted octanol–water partition coefficient (Wildman–Crippen LogP) is 8.10. The standard InChI is InChI=1S/C26H28Cl2/c1-15-9-21-13-19(5)25(27,23(21)11-17(15)3)7-8-26(28)20(6)14-22-10-16(2)18(4)12-24(22)26/h9-14H,7-8H2,1-6H3. The first-order chi connectivity index (χ1) is 13.1. The molecule has 28 heavy (non-hydrogen) atoms. The highest BCUT2D eigenvalue weighted by Gasteiger charge is 2.43. The first kappa shape index (κ1) is 19.8. The van der Waals surface area contributed by atoms with Crippen LogP contribution in [0.25, 0.3) is 12.2 Å². The maximum absolute atomic E-state index is 7.30. The molecule has 0 bridgehead atoms. The van der Waals surface area contributed by atoms with Crippen LogP contribution in [0.2, 0.25) is 0 Å². The summed E-state index contributed by atoms with van der Waals surface area (Å²) in [6.45, 7) is 12.9. The number of halogens is 2. The fraction of sp³-hybridized carbons (Fsp3) is 0.385. The van der Waals surface area contributed by atoms with E-state index in [-0.39, 0.29) is 0 Å². The van der Waals surface area contributed by atoms with Gasteiger partial charge in [-0.15, -0.1) is 23.2 Å². The van der Waals surface area contributed by atoms with Crippen molar-refractivity contribution in [1.29, 1.82) is 0 Å². The zero-order chi connectivity index (χ0) is 20.4. The molecule has 0 saturated heterocycles. The normalized spacial score (nSPS) is 25.4. The second kappa shape index (κ2) is 6.51. The highest BCUT2D eigenvalue weighted by Crippen LogP contribution is 2.54. The molecule has 146 valence electrons. The molecule has 0 radical (unpaired) electrons. The fourth-order valence-electron chi connectivity index (χ4n) is 4.73. The number of fused-ring (bicyclic) bond motifs is 2. The molecule has 0 aromatic heterocycles. The molecule has 0 amide bonds. The Kier molecular flexibility index (Phi) is 4.60. The molecule has 0 N–H and O–H groups in total. The van der Waals surface area contributed by atoms with Gasteiger partial charge in [0, 0.05) is 0 Å². The molecule has 0 saturated carbocycles. The van der Waals surface area contributed by atoms with Gasteiger partial charge in [-0.1, -0.05) is 36.4 Å². The van der Waals surface area contributed by atoms with Crippen molar-refractivity contribution in [3.05, 3.63) is 79.9 Å². The van der Waals surface area contributed by atoms with Crippen molar-refractivity contribution in [2.45, 2.75) is 64.1 Å². The Labute approximate surface area is 179 Å². The summed E-state index contributed by atoms with van der Waals surface area (Å²) in [6.07, 6.45) is 6.11.